The van der Waals surface area contributed by atoms with Gasteiger partial charge < -0.3 is 9.05 Å². The van der Waals surface area contributed by atoms with Crippen molar-refractivity contribution in [2.24, 2.45) is 0 Å². The van der Waals surface area contributed by atoms with Crippen molar-refractivity contribution in [2.45, 2.75) is 26.7 Å². The van der Waals surface area contributed by atoms with Crippen LogP contribution in [0, 0.1) is 0 Å². The van der Waals surface area contributed by atoms with Crippen molar-refractivity contribution >= 4 is 24.3 Å². The molecule has 0 fully saturated rings. The largest absolute Gasteiger partial charge is 0.393 e. The monoisotopic (exact) mass is 300 g/mol. The van der Waals surface area contributed by atoms with E-state index >= 15 is 0 Å². The minimum Gasteiger partial charge on any atom is -0.301 e. The van der Waals surface area contributed by atoms with Crippen molar-refractivity contribution < 1.29 is 13.6 Å². The summed E-state index contributed by atoms with van der Waals surface area (Å²) in [5, 5.41) is 1.78. The Labute approximate surface area is 119 Å². The van der Waals surface area contributed by atoms with Gasteiger partial charge in [0.25, 0.3) is 0 Å². The fraction of sp³-hybridized carbons (Fsp3) is 0.429. The summed E-state index contributed by atoms with van der Waals surface area (Å²) in [6, 6.07) is 9.86. The summed E-state index contributed by atoms with van der Waals surface area (Å²) in [5.41, 5.74) is 1.06. The number of hydrogen-bond acceptors (Lipinski definition) is 4. The topological polar surface area (TPSA) is 35.5 Å². The van der Waals surface area contributed by atoms with E-state index in [-0.39, 0.29) is 0 Å². The van der Waals surface area contributed by atoms with Crippen molar-refractivity contribution in [2.75, 3.05) is 13.2 Å². The van der Waals surface area contributed by atoms with Gasteiger partial charge in [0, 0.05) is 0 Å². The van der Waals surface area contributed by atoms with E-state index in [1.54, 1.807) is 5.41 Å². The minimum absolute atomic E-state index is 0.452. The van der Waals surface area contributed by atoms with Crippen LogP contribution in [-0.2, 0) is 13.6 Å². The highest BCUT2D eigenvalue weighted by molar-refractivity contribution is 8.56. The van der Waals surface area contributed by atoms with Gasteiger partial charge in [-0.3, -0.25) is 0 Å². The van der Waals surface area contributed by atoms with E-state index in [1.807, 2.05) is 50.3 Å². The SMILES string of the molecule is CCCOP(=O)(OCCC)S/C=C/c1ccccc1. The zero-order chi connectivity index (χ0) is 14.0. The summed E-state index contributed by atoms with van der Waals surface area (Å²) < 4.78 is 23.1. The van der Waals surface area contributed by atoms with Crippen molar-refractivity contribution in [1.82, 2.24) is 0 Å². The Kier molecular flexibility index (Phi) is 8.15. The molecule has 19 heavy (non-hydrogen) atoms. The zero-order valence-corrected chi connectivity index (χ0v) is 13.2. The molecule has 0 radical (unpaired) electrons. The predicted molar refractivity (Wildman–Crippen MR) is 83.2 cm³/mol. The third-order valence-electron chi connectivity index (χ3n) is 2.16. The van der Waals surface area contributed by atoms with Gasteiger partial charge >= 0.3 is 6.80 Å². The molecule has 0 saturated heterocycles. The van der Waals surface area contributed by atoms with E-state index < -0.39 is 6.80 Å². The van der Waals surface area contributed by atoms with Crippen LogP contribution in [0.4, 0.5) is 0 Å². The van der Waals surface area contributed by atoms with E-state index in [0.29, 0.717) is 13.2 Å². The third kappa shape index (κ3) is 6.98. The lowest BCUT2D eigenvalue weighted by Crippen LogP contribution is -1.94. The third-order valence-corrected chi connectivity index (χ3v) is 5.44. The molecule has 0 saturated carbocycles. The van der Waals surface area contributed by atoms with E-state index in [9.17, 15) is 4.57 Å². The molecule has 0 spiro atoms. The molecule has 1 aromatic rings. The molecule has 1 rings (SSSR count). The number of benzene rings is 1. The first kappa shape index (κ1) is 16.5. The van der Waals surface area contributed by atoms with Crippen LogP contribution in [0.5, 0.6) is 0 Å². The van der Waals surface area contributed by atoms with Crippen LogP contribution < -0.4 is 0 Å². The zero-order valence-electron chi connectivity index (χ0n) is 11.5. The fourth-order valence-corrected chi connectivity index (χ4v) is 4.07. The lowest BCUT2D eigenvalue weighted by Gasteiger charge is -2.15. The predicted octanol–water partition coefficient (Wildman–Crippen LogP) is 5.35. The number of rotatable bonds is 9. The Bertz CT molecular complexity index is 408. The van der Waals surface area contributed by atoms with Gasteiger partial charge in [0.15, 0.2) is 0 Å². The molecular formula is C14H21O3PS. The quantitative estimate of drug-likeness (QED) is 0.576. The molecule has 0 aliphatic rings. The van der Waals surface area contributed by atoms with Gasteiger partial charge in [-0.1, -0.05) is 44.2 Å². The van der Waals surface area contributed by atoms with Crippen LogP contribution >= 0.6 is 18.2 Å². The Balaban J connectivity index is 2.57. The second kappa shape index (κ2) is 9.38. The minimum atomic E-state index is -3.06. The van der Waals surface area contributed by atoms with Gasteiger partial charge in [-0.05, 0) is 41.3 Å². The molecule has 0 heterocycles. The summed E-state index contributed by atoms with van der Waals surface area (Å²) in [7, 11) is 0. The molecule has 0 aliphatic heterocycles. The van der Waals surface area contributed by atoms with Crippen LogP contribution in [0.15, 0.2) is 35.7 Å². The van der Waals surface area contributed by atoms with Crippen LogP contribution in [0.3, 0.4) is 0 Å². The highest BCUT2D eigenvalue weighted by Crippen LogP contribution is 2.61. The van der Waals surface area contributed by atoms with Crippen LogP contribution in [0.2, 0.25) is 0 Å². The average molecular weight is 300 g/mol. The molecule has 0 N–H and O–H groups in total. The second-order valence-electron chi connectivity index (χ2n) is 3.93. The Morgan fingerprint density at radius 3 is 2.21 bits per heavy atom. The highest BCUT2D eigenvalue weighted by atomic mass is 32.7. The lowest BCUT2D eigenvalue weighted by molar-refractivity contribution is 0.220. The maximum Gasteiger partial charge on any atom is 0.393 e. The van der Waals surface area contributed by atoms with Gasteiger partial charge in [0.2, 0.25) is 0 Å². The summed E-state index contributed by atoms with van der Waals surface area (Å²) in [5.74, 6) is 0. The molecule has 106 valence electrons. The van der Waals surface area contributed by atoms with Crippen molar-refractivity contribution in [3.05, 3.63) is 41.3 Å². The molecule has 0 unspecified atom stereocenters. The number of hydrogen-bond donors (Lipinski definition) is 0. The molecule has 0 atom stereocenters. The smallest absolute Gasteiger partial charge is 0.301 e. The van der Waals surface area contributed by atoms with Gasteiger partial charge in [-0.15, -0.1) is 0 Å². The van der Waals surface area contributed by atoms with E-state index in [4.69, 9.17) is 9.05 Å². The Hall–Kier alpha value is -0.540. The standard InChI is InChI=1S/C14H21O3PS/c1-3-11-16-18(15,17-12-4-2)19-13-10-14-8-6-5-7-9-14/h5-10,13H,3-4,11-12H2,1-2H3/b13-10+. The lowest BCUT2D eigenvalue weighted by atomic mass is 10.2. The summed E-state index contributed by atoms with van der Waals surface area (Å²) in [6.07, 6.45) is 3.55. The maximum absolute atomic E-state index is 12.4. The summed E-state index contributed by atoms with van der Waals surface area (Å²) in [6.45, 7) is 1.81. The van der Waals surface area contributed by atoms with Gasteiger partial charge in [-0.2, -0.15) is 0 Å². The first-order valence-corrected chi connectivity index (χ1v) is 9.52. The van der Waals surface area contributed by atoms with Crippen LogP contribution in [-0.4, -0.2) is 13.2 Å². The normalized spacial score (nSPS) is 12.1. The Morgan fingerprint density at radius 1 is 1.11 bits per heavy atom. The Morgan fingerprint density at radius 2 is 1.68 bits per heavy atom. The maximum atomic E-state index is 12.4. The average Bonchev–Trinajstić information content (AvgIpc) is 2.44. The highest BCUT2D eigenvalue weighted by Gasteiger charge is 2.23. The van der Waals surface area contributed by atoms with Crippen molar-refractivity contribution in [3.63, 3.8) is 0 Å². The molecule has 5 heteroatoms. The molecule has 0 amide bonds. The first-order chi connectivity index (χ1) is 9.20. The fourth-order valence-electron chi connectivity index (χ4n) is 1.25. The van der Waals surface area contributed by atoms with Gasteiger partial charge in [0.1, 0.15) is 0 Å². The molecule has 3 nitrogen and oxygen atoms in total. The van der Waals surface area contributed by atoms with E-state index in [0.717, 1.165) is 29.8 Å². The van der Waals surface area contributed by atoms with Crippen LogP contribution in [0.1, 0.15) is 32.3 Å². The molecular weight excluding hydrogens is 279 g/mol. The first-order valence-electron chi connectivity index (χ1n) is 6.49. The van der Waals surface area contributed by atoms with E-state index in [2.05, 4.69) is 0 Å². The van der Waals surface area contributed by atoms with Gasteiger partial charge in [0.05, 0.1) is 13.2 Å². The molecule has 0 aliphatic carbocycles. The second-order valence-corrected chi connectivity index (χ2v) is 7.80. The van der Waals surface area contributed by atoms with Crippen molar-refractivity contribution in [3.8, 4) is 0 Å². The van der Waals surface area contributed by atoms with E-state index in [1.165, 1.54) is 0 Å². The van der Waals surface area contributed by atoms with Crippen molar-refractivity contribution in [1.29, 1.82) is 0 Å². The summed E-state index contributed by atoms with van der Waals surface area (Å²) >= 11 is 1.13. The molecule has 0 bridgehead atoms. The molecule has 1 aromatic carbocycles. The molecule has 0 aromatic heterocycles. The summed E-state index contributed by atoms with van der Waals surface area (Å²) in [4.78, 5) is 0. The van der Waals surface area contributed by atoms with Crippen LogP contribution in [0.25, 0.3) is 6.08 Å². The van der Waals surface area contributed by atoms with Gasteiger partial charge in [-0.25, -0.2) is 4.57 Å².